The maximum atomic E-state index is 12.8. The number of nitrogens with two attached hydrogens (primary N) is 1. The zero-order chi connectivity index (χ0) is 18.7. The zero-order valence-corrected chi connectivity index (χ0v) is 14.6. The predicted molar refractivity (Wildman–Crippen MR) is 97.5 cm³/mol. The number of aromatic nitrogens is 1. The molecule has 2 N–H and O–H groups in total. The highest BCUT2D eigenvalue weighted by Gasteiger charge is 2.27. The van der Waals surface area contributed by atoms with Crippen molar-refractivity contribution in [1.82, 2.24) is 9.88 Å². The topological polar surface area (TPSA) is 93.4 Å². The average molecular weight is 351 g/mol. The highest BCUT2D eigenvalue weighted by molar-refractivity contribution is 5.96. The first kappa shape index (κ1) is 17.8. The molecule has 0 saturated carbocycles. The summed E-state index contributed by atoms with van der Waals surface area (Å²) in [5, 5.41) is 0. The molecular weight excluding hydrogens is 330 g/mol. The van der Waals surface area contributed by atoms with Gasteiger partial charge in [0.1, 0.15) is 0 Å². The van der Waals surface area contributed by atoms with Crippen LogP contribution in [0.4, 0.5) is 0 Å². The minimum Gasteiger partial charge on any atom is -0.369 e. The summed E-state index contributed by atoms with van der Waals surface area (Å²) in [7, 11) is 0. The van der Waals surface area contributed by atoms with Crippen LogP contribution in [0.1, 0.15) is 40.5 Å². The van der Waals surface area contributed by atoms with Crippen molar-refractivity contribution < 1.29 is 14.4 Å². The second kappa shape index (κ2) is 7.47. The van der Waals surface area contributed by atoms with E-state index in [1.54, 1.807) is 35.2 Å². The lowest BCUT2D eigenvalue weighted by Crippen LogP contribution is -2.44. The number of nitrogens with zero attached hydrogens (tertiary/aromatic N) is 2. The smallest absolute Gasteiger partial charge is 0.253 e. The van der Waals surface area contributed by atoms with E-state index in [0.717, 1.165) is 18.4 Å². The van der Waals surface area contributed by atoms with Crippen LogP contribution in [0, 0.1) is 5.92 Å². The number of likely N-dealkylation sites (tertiary alicyclic amines) is 1. The second-order valence-corrected chi connectivity index (χ2v) is 6.56. The number of benzene rings is 1. The average Bonchev–Trinajstić information content (AvgIpc) is 2.67. The van der Waals surface area contributed by atoms with Crippen LogP contribution >= 0.6 is 0 Å². The Hall–Kier alpha value is -3.02. The van der Waals surface area contributed by atoms with E-state index < -0.39 is 0 Å². The van der Waals surface area contributed by atoms with Crippen molar-refractivity contribution in [2.45, 2.75) is 19.8 Å². The number of amides is 2. The highest BCUT2D eigenvalue weighted by Crippen LogP contribution is 2.22. The van der Waals surface area contributed by atoms with Crippen LogP contribution in [-0.4, -0.2) is 40.6 Å². The van der Waals surface area contributed by atoms with Crippen LogP contribution in [0.2, 0.25) is 0 Å². The summed E-state index contributed by atoms with van der Waals surface area (Å²) in [6.45, 7) is 2.48. The molecule has 1 atom stereocenters. The molecule has 1 saturated heterocycles. The monoisotopic (exact) mass is 351 g/mol. The van der Waals surface area contributed by atoms with E-state index in [1.807, 2.05) is 6.07 Å². The van der Waals surface area contributed by atoms with Gasteiger partial charge in [-0.15, -0.1) is 0 Å². The summed E-state index contributed by atoms with van der Waals surface area (Å²) in [5.41, 5.74) is 7.98. The number of hydrogen-bond acceptors (Lipinski definition) is 4. The molecular formula is C20H21N3O3. The van der Waals surface area contributed by atoms with E-state index >= 15 is 0 Å². The summed E-state index contributed by atoms with van der Waals surface area (Å²) >= 11 is 0. The Balaban J connectivity index is 1.81. The molecule has 6 nitrogen and oxygen atoms in total. The van der Waals surface area contributed by atoms with Crippen molar-refractivity contribution in [3.8, 4) is 11.3 Å². The van der Waals surface area contributed by atoms with E-state index in [1.165, 1.54) is 13.1 Å². The third-order valence-corrected chi connectivity index (χ3v) is 4.69. The molecule has 0 aliphatic carbocycles. The van der Waals surface area contributed by atoms with Crippen molar-refractivity contribution >= 4 is 17.6 Å². The van der Waals surface area contributed by atoms with E-state index in [0.29, 0.717) is 29.9 Å². The standard InChI is InChI=1S/C20H21N3O3/c1-13(24)16-7-8-18(22-11-16)14-4-2-5-15(10-14)20(26)23-9-3-6-17(12-23)19(21)25/h2,4-5,7-8,10-11,17H,3,6,9,12H2,1H3,(H2,21,25)/t17-/m1/s1. The number of carbonyl (C=O) groups excluding carboxylic acids is 3. The van der Waals surface area contributed by atoms with Gasteiger partial charge in [0.2, 0.25) is 5.91 Å². The van der Waals surface area contributed by atoms with Crippen LogP contribution < -0.4 is 5.73 Å². The molecule has 0 radical (unpaired) electrons. The molecule has 0 bridgehead atoms. The normalized spacial score (nSPS) is 17.0. The third kappa shape index (κ3) is 3.79. The number of carbonyl (C=O) groups is 3. The highest BCUT2D eigenvalue weighted by atomic mass is 16.2. The molecule has 2 aromatic rings. The Morgan fingerprint density at radius 1 is 1.15 bits per heavy atom. The van der Waals surface area contributed by atoms with Crippen molar-refractivity contribution in [2.24, 2.45) is 11.7 Å². The molecule has 0 unspecified atom stereocenters. The van der Waals surface area contributed by atoms with Gasteiger partial charge in [-0.3, -0.25) is 19.4 Å². The van der Waals surface area contributed by atoms with Gasteiger partial charge in [-0.1, -0.05) is 12.1 Å². The Bertz CT molecular complexity index is 846. The number of Topliss-reactive ketones (excluding diaryl/α,β-unsaturated/α-hetero) is 1. The molecule has 0 spiro atoms. The summed E-state index contributed by atoms with van der Waals surface area (Å²) in [6, 6.07) is 10.7. The largest absolute Gasteiger partial charge is 0.369 e. The van der Waals surface area contributed by atoms with Gasteiger partial charge >= 0.3 is 0 Å². The summed E-state index contributed by atoms with van der Waals surface area (Å²) in [6.07, 6.45) is 3.03. The first-order chi connectivity index (χ1) is 12.5. The number of ketones is 1. The zero-order valence-electron chi connectivity index (χ0n) is 14.6. The number of hydrogen-bond donors (Lipinski definition) is 1. The minimum atomic E-state index is -0.356. The Morgan fingerprint density at radius 3 is 2.62 bits per heavy atom. The Labute approximate surface area is 152 Å². The van der Waals surface area contributed by atoms with Gasteiger partial charge in [0.05, 0.1) is 11.6 Å². The second-order valence-electron chi connectivity index (χ2n) is 6.56. The maximum absolute atomic E-state index is 12.8. The van der Waals surface area contributed by atoms with E-state index in [-0.39, 0.29) is 23.5 Å². The lowest BCUT2D eigenvalue weighted by molar-refractivity contribution is -0.123. The van der Waals surface area contributed by atoms with Crippen LogP contribution in [0.3, 0.4) is 0 Å². The van der Waals surface area contributed by atoms with Crippen LogP contribution in [-0.2, 0) is 4.79 Å². The summed E-state index contributed by atoms with van der Waals surface area (Å²) in [5.74, 6) is -0.789. The van der Waals surface area contributed by atoms with Crippen molar-refractivity contribution in [1.29, 1.82) is 0 Å². The number of rotatable bonds is 4. The Kier molecular flexibility index (Phi) is 5.11. The molecule has 1 fully saturated rings. The van der Waals surface area contributed by atoms with Crippen LogP contribution in [0.5, 0.6) is 0 Å². The quantitative estimate of drug-likeness (QED) is 0.855. The predicted octanol–water partition coefficient (Wildman–Crippen LogP) is 2.29. The summed E-state index contributed by atoms with van der Waals surface area (Å²) < 4.78 is 0. The van der Waals surface area contributed by atoms with Crippen molar-refractivity contribution in [3.05, 3.63) is 53.7 Å². The first-order valence-electron chi connectivity index (χ1n) is 8.61. The number of primary amides is 1. The molecule has 3 rings (SSSR count). The van der Waals surface area contributed by atoms with Gasteiger partial charge in [0, 0.05) is 36.0 Å². The van der Waals surface area contributed by atoms with Gasteiger partial charge in [0.25, 0.3) is 5.91 Å². The molecule has 26 heavy (non-hydrogen) atoms. The summed E-state index contributed by atoms with van der Waals surface area (Å²) in [4.78, 5) is 41.6. The van der Waals surface area contributed by atoms with Crippen molar-refractivity contribution in [2.75, 3.05) is 13.1 Å². The lowest BCUT2D eigenvalue weighted by atomic mass is 9.96. The Morgan fingerprint density at radius 2 is 1.96 bits per heavy atom. The fraction of sp³-hybridized carbons (Fsp3) is 0.300. The molecule has 134 valence electrons. The minimum absolute atomic E-state index is 0.0397. The van der Waals surface area contributed by atoms with Gasteiger partial charge in [-0.05, 0) is 44.0 Å². The molecule has 1 aliphatic heterocycles. The number of pyridine rings is 1. The van der Waals surface area contributed by atoms with E-state index in [4.69, 9.17) is 5.73 Å². The maximum Gasteiger partial charge on any atom is 0.253 e. The van der Waals surface area contributed by atoms with Gasteiger partial charge in [-0.25, -0.2) is 0 Å². The third-order valence-electron chi connectivity index (χ3n) is 4.69. The SMILES string of the molecule is CC(=O)c1ccc(-c2cccc(C(=O)N3CCC[C@@H](C(N)=O)C3)c2)nc1. The molecule has 6 heteroatoms. The fourth-order valence-corrected chi connectivity index (χ4v) is 3.16. The molecule has 1 aromatic carbocycles. The van der Waals surface area contributed by atoms with Gasteiger partial charge in [0.15, 0.2) is 5.78 Å². The fourth-order valence-electron chi connectivity index (χ4n) is 3.16. The van der Waals surface area contributed by atoms with E-state index in [9.17, 15) is 14.4 Å². The van der Waals surface area contributed by atoms with Crippen LogP contribution in [0.25, 0.3) is 11.3 Å². The number of piperidine rings is 1. The van der Waals surface area contributed by atoms with Gasteiger partial charge in [-0.2, -0.15) is 0 Å². The molecule has 1 aromatic heterocycles. The first-order valence-corrected chi connectivity index (χ1v) is 8.61. The van der Waals surface area contributed by atoms with Gasteiger partial charge < -0.3 is 10.6 Å². The molecule has 1 aliphatic rings. The molecule has 2 amide bonds. The lowest BCUT2D eigenvalue weighted by Gasteiger charge is -2.31. The van der Waals surface area contributed by atoms with E-state index in [2.05, 4.69) is 4.98 Å². The molecule has 2 heterocycles. The van der Waals surface area contributed by atoms with Crippen LogP contribution in [0.15, 0.2) is 42.6 Å². The van der Waals surface area contributed by atoms with Crippen molar-refractivity contribution in [3.63, 3.8) is 0 Å².